The fourth-order valence-electron chi connectivity index (χ4n) is 1.75. The van der Waals surface area contributed by atoms with Crippen LogP contribution in [-0.4, -0.2) is 27.8 Å². The lowest BCUT2D eigenvalue weighted by molar-refractivity contribution is -0.384. The lowest BCUT2D eigenvalue weighted by Crippen LogP contribution is -1.99. The number of phenols is 1. The minimum absolute atomic E-state index is 0.00766. The molecule has 23 heavy (non-hydrogen) atoms. The van der Waals surface area contributed by atoms with E-state index in [4.69, 9.17) is 4.74 Å². The van der Waals surface area contributed by atoms with Gasteiger partial charge in [-0.05, 0) is 25.1 Å². The monoisotopic (exact) mass is 380 g/mol. The molecule has 9 heteroatoms. The summed E-state index contributed by atoms with van der Waals surface area (Å²) in [5, 5.41) is 24.9. The molecule has 0 bridgehead atoms. The van der Waals surface area contributed by atoms with Gasteiger partial charge in [0, 0.05) is 22.3 Å². The van der Waals surface area contributed by atoms with Gasteiger partial charge in [0.2, 0.25) is 5.82 Å². The minimum Gasteiger partial charge on any atom is -0.504 e. The Labute approximate surface area is 140 Å². The minimum atomic E-state index is -0.561. The van der Waals surface area contributed by atoms with Crippen molar-refractivity contribution in [3.05, 3.63) is 50.6 Å². The van der Waals surface area contributed by atoms with Crippen LogP contribution >= 0.6 is 15.9 Å². The molecule has 0 unspecified atom stereocenters. The molecule has 0 radical (unpaired) electrons. The molecular weight excluding hydrogens is 368 g/mol. The van der Waals surface area contributed by atoms with Crippen LogP contribution < -0.4 is 10.2 Å². The van der Waals surface area contributed by atoms with E-state index in [0.717, 1.165) is 0 Å². The Bertz CT molecular complexity index is 752. The summed E-state index contributed by atoms with van der Waals surface area (Å²) >= 11 is 3.31. The summed E-state index contributed by atoms with van der Waals surface area (Å²) in [6.07, 6.45) is 2.73. The Hall–Kier alpha value is -2.68. The predicted molar refractivity (Wildman–Crippen MR) is 89.1 cm³/mol. The van der Waals surface area contributed by atoms with Gasteiger partial charge >= 0.3 is 5.69 Å². The number of benzene rings is 1. The summed E-state index contributed by atoms with van der Waals surface area (Å²) in [5.74, 6) is 0.247. The Balaban J connectivity index is 2.23. The van der Waals surface area contributed by atoms with E-state index < -0.39 is 4.92 Å². The SMILES string of the molecule is CCOc1cc(Br)cc(C=NNc2ncccc2[N+](=O)[O-])c1O. The highest BCUT2D eigenvalue weighted by Gasteiger charge is 2.13. The summed E-state index contributed by atoms with van der Waals surface area (Å²) in [5.41, 5.74) is 2.68. The number of hydrogen-bond acceptors (Lipinski definition) is 7. The zero-order valence-electron chi connectivity index (χ0n) is 12.1. The van der Waals surface area contributed by atoms with Crippen LogP contribution in [0.2, 0.25) is 0 Å². The fourth-order valence-corrected chi connectivity index (χ4v) is 2.21. The van der Waals surface area contributed by atoms with Gasteiger partial charge in [0.15, 0.2) is 11.5 Å². The maximum Gasteiger partial charge on any atom is 0.313 e. The highest BCUT2D eigenvalue weighted by molar-refractivity contribution is 9.10. The van der Waals surface area contributed by atoms with Crippen molar-refractivity contribution in [1.82, 2.24) is 4.98 Å². The molecule has 0 saturated carbocycles. The molecule has 0 spiro atoms. The normalized spacial score (nSPS) is 10.7. The lowest BCUT2D eigenvalue weighted by Gasteiger charge is -2.08. The number of rotatable bonds is 6. The molecule has 0 aliphatic carbocycles. The zero-order chi connectivity index (χ0) is 16.8. The standard InChI is InChI=1S/C14H13BrN4O4/c1-2-23-12-7-10(15)6-9(13(12)20)8-17-18-14-11(19(21)22)4-3-5-16-14/h3-8,20H,2H2,1H3,(H,16,18). The van der Waals surface area contributed by atoms with Gasteiger partial charge in [0.05, 0.1) is 17.7 Å². The number of ether oxygens (including phenoxy) is 1. The van der Waals surface area contributed by atoms with Crippen LogP contribution in [0.25, 0.3) is 0 Å². The van der Waals surface area contributed by atoms with Crippen molar-refractivity contribution in [2.75, 3.05) is 12.0 Å². The second-order valence-corrected chi connectivity index (χ2v) is 5.19. The van der Waals surface area contributed by atoms with Gasteiger partial charge in [0.25, 0.3) is 0 Å². The van der Waals surface area contributed by atoms with Gasteiger partial charge in [-0.15, -0.1) is 0 Å². The molecular formula is C14H13BrN4O4. The number of halogens is 1. The number of anilines is 1. The third kappa shape index (κ3) is 4.16. The van der Waals surface area contributed by atoms with E-state index in [0.29, 0.717) is 22.4 Å². The Morgan fingerprint density at radius 2 is 2.35 bits per heavy atom. The molecule has 0 atom stereocenters. The Kier molecular flexibility index (Phi) is 5.47. The maximum atomic E-state index is 10.9. The van der Waals surface area contributed by atoms with Crippen LogP contribution in [-0.2, 0) is 0 Å². The lowest BCUT2D eigenvalue weighted by atomic mass is 10.2. The number of hydrazone groups is 1. The van der Waals surface area contributed by atoms with E-state index in [1.165, 1.54) is 24.5 Å². The molecule has 1 aromatic heterocycles. The van der Waals surface area contributed by atoms with E-state index in [1.807, 2.05) is 0 Å². The molecule has 1 aromatic carbocycles. The first kappa shape index (κ1) is 16.7. The Morgan fingerprint density at radius 1 is 1.57 bits per heavy atom. The summed E-state index contributed by atoms with van der Waals surface area (Å²) in [7, 11) is 0. The van der Waals surface area contributed by atoms with Gasteiger partial charge in [-0.3, -0.25) is 15.5 Å². The van der Waals surface area contributed by atoms with Gasteiger partial charge in [0.1, 0.15) is 0 Å². The highest BCUT2D eigenvalue weighted by atomic mass is 79.9. The Morgan fingerprint density at radius 3 is 3.04 bits per heavy atom. The molecule has 1 heterocycles. The van der Waals surface area contributed by atoms with E-state index in [9.17, 15) is 15.2 Å². The quantitative estimate of drug-likeness (QED) is 0.451. The number of nitro groups is 1. The molecule has 0 fully saturated rings. The number of hydrogen-bond donors (Lipinski definition) is 2. The molecule has 8 nitrogen and oxygen atoms in total. The van der Waals surface area contributed by atoms with Crippen molar-refractivity contribution >= 4 is 33.6 Å². The van der Waals surface area contributed by atoms with Crippen molar-refractivity contribution in [1.29, 1.82) is 0 Å². The third-order valence-electron chi connectivity index (χ3n) is 2.73. The van der Waals surface area contributed by atoms with Crippen LogP contribution in [0, 0.1) is 10.1 Å². The van der Waals surface area contributed by atoms with Crippen LogP contribution in [0.4, 0.5) is 11.5 Å². The number of aromatic nitrogens is 1. The molecule has 2 aromatic rings. The number of aromatic hydroxyl groups is 1. The average Bonchev–Trinajstić information content (AvgIpc) is 2.52. The molecule has 2 rings (SSSR count). The third-order valence-corrected chi connectivity index (χ3v) is 3.18. The van der Waals surface area contributed by atoms with Gasteiger partial charge in [-0.2, -0.15) is 5.10 Å². The maximum absolute atomic E-state index is 10.9. The van der Waals surface area contributed by atoms with Crippen molar-refractivity contribution in [3.8, 4) is 11.5 Å². The second-order valence-electron chi connectivity index (χ2n) is 4.27. The summed E-state index contributed by atoms with van der Waals surface area (Å²) < 4.78 is 6.01. The molecule has 0 saturated heterocycles. The first-order chi connectivity index (χ1) is 11.0. The molecule has 120 valence electrons. The second kappa shape index (κ2) is 7.54. The number of phenolic OH excluding ortho intramolecular Hbond substituents is 1. The smallest absolute Gasteiger partial charge is 0.313 e. The van der Waals surface area contributed by atoms with Crippen LogP contribution in [0.3, 0.4) is 0 Å². The molecule has 0 amide bonds. The number of nitrogens with zero attached hydrogens (tertiary/aromatic N) is 3. The van der Waals surface area contributed by atoms with Crippen LogP contribution in [0.15, 0.2) is 40.0 Å². The topological polar surface area (TPSA) is 110 Å². The molecule has 2 N–H and O–H groups in total. The van der Waals surface area contributed by atoms with Crippen LogP contribution in [0.1, 0.15) is 12.5 Å². The molecule has 0 aliphatic heterocycles. The predicted octanol–water partition coefficient (Wildman–Crippen LogP) is 3.30. The number of pyridine rings is 1. The van der Waals surface area contributed by atoms with Gasteiger partial charge < -0.3 is 9.84 Å². The van der Waals surface area contributed by atoms with Gasteiger partial charge in [-0.25, -0.2) is 4.98 Å². The first-order valence-electron chi connectivity index (χ1n) is 6.56. The van der Waals surface area contributed by atoms with E-state index in [1.54, 1.807) is 19.1 Å². The van der Waals surface area contributed by atoms with Gasteiger partial charge in [-0.1, -0.05) is 15.9 Å². The van der Waals surface area contributed by atoms with E-state index >= 15 is 0 Å². The number of nitrogens with one attached hydrogen (secondary N) is 1. The average molecular weight is 381 g/mol. The van der Waals surface area contributed by atoms with E-state index in [-0.39, 0.29) is 17.3 Å². The summed E-state index contributed by atoms with van der Waals surface area (Å²) in [6.45, 7) is 2.20. The summed E-state index contributed by atoms with van der Waals surface area (Å²) in [6, 6.07) is 6.04. The fraction of sp³-hybridized carbons (Fsp3) is 0.143. The zero-order valence-corrected chi connectivity index (χ0v) is 13.6. The van der Waals surface area contributed by atoms with Crippen molar-refractivity contribution < 1.29 is 14.8 Å². The molecule has 0 aliphatic rings. The van der Waals surface area contributed by atoms with Crippen molar-refractivity contribution in [2.24, 2.45) is 5.10 Å². The summed E-state index contributed by atoms with van der Waals surface area (Å²) in [4.78, 5) is 14.2. The van der Waals surface area contributed by atoms with E-state index in [2.05, 4.69) is 31.4 Å². The van der Waals surface area contributed by atoms with Crippen molar-refractivity contribution in [3.63, 3.8) is 0 Å². The van der Waals surface area contributed by atoms with Crippen molar-refractivity contribution in [2.45, 2.75) is 6.92 Å². The first-order valence-corrected chi connectivity index (χ1v) is 7.36. The highest BCUT2D eigenvalue weighted by Crippen LogP contribution is 2.33. The largest absolute Gasteiger partial charge is 0.504 e. The van der Waals surface area contributed by atoms with Crippen LogP contribution in [0.5, 0.6) is 11.5 Å².